The highest BCUT2D eigenvalue weighted by atomic mass is 32.1. The van der Waals surface area contributed by atoms with Crippen molar-refractivity contribution in [1.29, 1.82) is 0 Å². The van der Waals surface area contributed by atoms with E-state index in [9.17, 15) is 4.79 Å². The van der Waals surface area contributed by atoms with Crippen LogP contribution in [0, 0.1) is 0 Å². The first kappa shape index (κ1) is 16.0. The third kappa shape index (κ3) is 3.45. The van der Waals surface area contributed by atoms with Crippen LogP contribution in [0.15, 0.2) is 0 Å². The van der Waals surface area contributed by atoms with Crippen molar-refractivity contribution in [3.8, 4) is 0 Å². The molecule has 3 N–H and O–H groups in total. The molecule has 7 nitrogen and oxygen atoms in total. The topological polar surface area (TPSA) is 89.7 Å². The van der Waals surface area contributed by atoms with E-state index in [1.807, 2.05) is 13.8 Å². The number of carbonyl (C=O) groups excluding carboxylic acids is 1. The van der Waals surface area contributed by atoms with E-state index in [4.69, 9.17) is 15.2 Å². The van der Waals surface area contributed by atoms with Crippen LogP contribution in [0.4, 0.5) is 10.9 Å². The van der Waals surface area contributed by atoms with Crippen LogP contribution in [0.2, 0.25) is 0 Å². The number of ether oxygens (including phenoxy) is 2. The second kappa shape index (κ2) is 6.59. The molecule has 2 rings (SSSR count). The summed E-state index contributed by atoms with van der Waals surface area (Å²) in [4.78, 5) is 18.9. The highest BCUT2D eigenvalue weighted by molar-refractivity contribution is 7.18. The summed E-state index contributed by atoms with van der Waals surface area (Å²) < 4.78 is 10.7. The number of nitrogen functional groups attached to an aromatic ring is 1. The summed E-state index contributed by atoms with van der Waals surface area (Å²) in [6, 6.07) is 0.237. The van der Waals surface area contributed by atoms with E-state index in [0.717, 1.165) is 0 Å². The molecular weight excluding hydrogens is 292 g/mol. The number of nitrogens with two attached hydrogens (primary N) is 1. The first-order chi connectivity index (χ1) is 9.96. The van der Waals surface area contributed by atoms with Gasteiger partial charge in [-0.1, -0.05) is 11.3 Å². The fraction of sp³-hybridized carbons (Fsp3) is 0.692. The number of likely N-dealkylation sites (tertiary alicyclic amines) is 1. The molecule has 0 spiro atoms. The van der Waals surface area contributed by atoms with Gasteiger partial charge in [0, 0.05) is 33.4 Å². The van der Waals surface area contributed by atoms with Crippen molar-refractivity contribution in [2.24, 2.45) is 0 Å². The predicted molar refractivity (Wildman–Crippen MR) is 82.8 cm³/mol. The molecule has 21 heavy (non-hydrogen) atoms. The molecule has 1 aliphatic heterocycles. The average molecular weight is 314 g/mol. The quantitative estimate of drug-likeness (QED) is 0.844. The lowest BCUT2D eigenvalue weighted by Gasteiger charge is -2.14. The molecule has 8 heteroatoms. The first-order valence-electron chi connectivity index (χ1n) is 6.84. The van der Waals surface area contributed by atoms with Crippen molar-refractivity contribution >= 4 is 28.2 Å². The molecule has 118 valence electrons. The zero-order valence-electron chi connectivity index (χ0n) is 12.8. The van der Waals surface area contributed by atoms with E-state index in [0.29, 0.717) is 23.1 Å². The zero-order chi connectivity index (χ0) is 15.6. The largest absolute Gasteiger partial charge is 0.382 e. The number of nitrogens with zero attached hydrogens (tertiary/aromatic N) is 2. The fourth-order valence-electron chi connectivity index (χ4n) is 2.30. The third-order valence-corrected chi connectivity index (χ3v) is 4.36. The minimum absolute atomic E-state index is 0.110. The van der Waals surface area contributed by atoms with E-state index in [1.54, 1.807) is 19.1 Å². The molecule has 0 bridgehead atoms. The molecule has 0 saturated carbocycles. The lowest BCUT2D eigenvalue weighted by molar-refractivity contribution is -0.00461. The van der Waals surface area contributed by atoms with Crippen molar-refractivity contribution < 1.29 is 14.3 Å². The van der Waals surface area contributed by atoms with Gasteiger partial charge < -0.3 is 25.4 Å². The number of hydrogen-bond acceptors (Lipinski definition) is 7. The molecule has 1 amide bonds. The summed E-state index contributed by atoms with van der Waals surface area (Å²) in [5.41, 5.74) is 5.87. The Balaban J connectivity index is 2.12. The lowest BCUT2D eigenvalue weighted by atomic mass is 10.3. The van der Waals surface area contributed by atoms with Crippen molar-refractivity contribution in [1.82, 2.24) is 9.88 Å². The minimum atomic E-state index is -0.122. The van der Waals surface area contributed by atoms with Crippen molar-refractivity contribution in [3.05, 3.63) is 4.88 Å². The predicted octanol–water partition coefficient (Wildman–Crippen LogP) is 1.03. The molecule has 0 radical (unpaired) electrons. The van der Waals surface area contributed by atoms with Crippen molar-refractivity contribution in [2.45, 2.75) is 32.1 Å². The Bertz CT molecular complexity index is 494. The molecule has 0 aromatic carbocycles. The Kier molecular flexibility index (Phi) is 5.02. The smallest absolute Gasteiger partial charge is 0.268 e. The number of thiazole rings is 1. The Labute approximate surface area is 128 Å². The van der Waals surface area contributed by atoms with Gasteiger partial charge in [0.25, 0.3) is 5.91 Å². The van der Waals surface area contributed by atoms with Gasteiger partial charge >= 0.3 is 0 Å². The maximum absolute atomic E-state index is 12.6. The molecular formula is C13H22N4O3S. The molecule has 0 aliphatic carbocycles. The fourth-order valence-corrected chi connectivity index (χ4v) is 3.30. The van der Waals surface area contributed by atoms with E-state index in [1.165, 1.54) is 11.3 Å². The van der Waals surface area contributed by atoms with Crippen LogP contribution in [0.1, 0.15) is 23.5 Å². The second-order valence-corrected chi connectivity index (χ2v) is 6.29. The lowest BCUT2D eigenvalue weighted by Crippen LogP contribution is -2.30. The number of amides is 1. The van der Waals surface area contributed by atoms with Crippen LogP contribution in [0.25, 0.3) is 0 Å². The van der Waals surface area contributed by atoms with Gasteiger partial charge in [-0.15, -0.1) is 0 Å². The number of anilines is 2. The number of rotatable bonds is 5. The maximum atomic E-state index is 12.6. The molecule has 1 aromatic heterocycles. The monoisotopic (exact) mass is 314 g/mol. The zero-order valence-corrected chi connectivity index (χ0v) is 13.6. The summed E-state index contributed by atoms with van der Waals surface area (Å²) in [7, 11) is 3.24. The van der Waals surface area contributed by atoms with Crippen LogP contribution in [-0.4, -0.2) is 61.3 Å². The number of hydrogen-bond donors (Lipinski definition) is 2. The van der Waals surface area contributed by atoms with E-state index < -0.39 is 0 Å². The van der Waals surface area contributed by atoms with Gasteiger partial charge in [0.05, 0.1) is 0 Å². The van der Waals surface area contributed by atoms with Gasteiger partial charge in [0.15, 0.2) is 5.13 Å². The summed E-state index contributed by atoms with van der Waals surface area (Å²) in [6.07, 6.45) is -0.220. The summed E-state index contributed by atoms with van der Waals surface area (Å²) in [5.74, 6) is 0.145. The van der Waals surface area contributed by atoms with Crippen molar-refractivity contribution in [3.63, 3.8) is 0 Å². The van der Waals surface area contributed by atoms with Gasteiger partial charge in [0.2, 0.25) is 0 Å². The minimum Gasteiger partial charge on any atom is -0.382 e. The summed E-state index contributed by atoms with van der Waals surface area (Å²) >= 11 is 1.28. The Morgan fingerprint density at radius 2 is 1.95 bits per heavy atom. The van der Waals surface area contributed by atoms with Gasteiger partial charge in [-0.3, -0.25) is 4.79 Å². The van der Waals surface area contributed by atoms with Crippen LogP contribution >= 0.6 is 11.3 Å². The van der Waals surface area contributed by atoms with Gasteiger partial charge in [-0.05, 0) is 13.8 Å². The Morgan fingerprint density at radius 3 is 2.43 bits per heavy atom. The molecule has 1 saturated heterocycles. The van der Waals surface area contributed by atoms with Crippen molar-refractivity contribution in [2.75, 3.05) is 38.4 Å². The van der Waals surface area contributed by atoms with Crippen LogP contribution < -0.4 is 11.1 Å². The molecule has 2 atom stereocenters. The number of carbonyl (C=O) groups is 1. The maximum Gasteiger partial charge on any atom is 0.268 e. The molecule has 2 unspecified atom stereocenters. The Morgan fingerprint density at radius 1 is 1.38 bits per heavy atom. The number of nitrogens with one attached hydrogen (secondary N) is 1. The van der Waals surface area contributed by atoms with E-state index >= 15 is 0 Å². The Hall–Kier alpha value is -1.38. The summed E-state index contributed by atoms with van der Waals surface area (Å²) in [5, 5.41) is 3.82. The molecule has 1 fully saturated rings. The highest BCUT2D eigenvalue weighted by Crippen LogP contribution is 2.28. The van der Waals surface area contributed by atoms with Crippen LogP contribution in [0.3, 0.4) is 0 Å². The second-order valence-electron chi connectivity index (χ2n) is 5.29. The van der Waals surface area contributed by atoms with Gasteiger partial charge in [-0.25, -0.2) is 4.98 Å². The first-order valence-corrected chi connectivity index (χ1v) is 7.65. The average Bonchev–Trinajstić information content (AvgIpc) is 3.00. The van der Waals surface area contributed by atoms with E-state index in [-0.39, 0.29) is 30.0 Å². The number of aromatic nitrogens is 1. The van der Waals surface area contributed by atoms with E-state index in [2.05, 4.69) is 10.3 Å². The SMILES string of the molecule is COC1CN(C(=O)c2sc(NC(C)C)nc2N)CC1OC. The normalized spacial score (nSPS) is 22.0. The van der Waals surface area contributed by atoms with Gasteiger partial charge in [-0.2, -0.15) is 0 Å². The number of methoxy groups -OCH3 is 2. The van der Waals surface area contributed by atoms with Crippen LogP contribution in [0.5, 0.6) is 0 Å². The van der Waals surface area contributed by atoms with Gasteiger partial charge in [0.1, 0.15) is 22.9 Å². The standard InChI is InChI=1S/C13H22N4O3S/c1-7(2)15-13-16-11(14)10(21-13)12(18)17-5-8(19-3)9(6-17)20-4/h7-9H,5-6,14H2,1-4H3,(H,15,16). The molecule has 1 aromatic rings. The molecule has 2 heterocycles. The highest BCUT2D eigenvalue weighted by Gasteiger charge is 2.37. The summed E-state index contributed by atoms with van der Waals surface area (Å²) in [6.45, 7) is 5.01. The third-order valence-electron chi connectivity index (χ3n) is 3.37. The van der Waals surface area contributed by atoms with Crippen LogP contribution in [-0.2, 0) is 9.47 Å². The molecule has 1 aliphatic rings.